The van der Waals surface area contributed by atoms with Gasteiger partial charge in [-0.2, -0.15) is 0 Å². The zero-order chi connectivity index (χ0) is 13.3. The average Bonchev–Trinajstić information content (AvgIpc) is 2.33. The molecule has 0 aliphatic heterocycles. The molecule has 1 unspecified atom stereocenters. The van der Waals surface area contributed by atoms with Crippen molar-refractivity contribution in [3.8, 4) is 0 Å². The second-order valence-corrected chi connectivity index (χ2v) is 3.67. The van der Waals surface area contributed by atoms with Gasteiger partial charge in [0.25, 0.3) is 0 Å². The van der Waals surface area contributed by atoms with Crippen molar-refractivity contribution in [2.75, 3.05) is 5.73 Å². The number of nitrogens with two attached hydrogens (primary N) is 1. The van der Waals surface area contributed by atoms with Crippen LogP contribution >= 0.6 is 0 Å². The predicted octanol–water partition coefficient (Wildman–Crippen LogP) is 2.16. The van der Waals surface area contributed by atoms with Gasteiger partial charge >= 0.3 is 0 Å². The zero-order valence-electron chi connectivity index (χ0n) is 9.07. The van der Waals surface area contributed by atoms with Crippen molar-refractivity contribution in [3.63, 3.8) is 0 Å². The molecule has 1 heterocycles. The van der Waals surface area contributed by atoms with E-state index in [4.69, 9.17) is 5.73 Å². The Morgan fingerprint density at radius 2 is 1.72 bits per heavy atom. The first-order valence-electron chi connectivity index (χ1n) is 5.03. The molecule has 0 saturated carbocycles. The quantitative estimate of drug-likeness (QED) is 0.807. The molecule has 18 heavy (non-hydrogen) atoms. The number of aromatic nitrogens is 1. The molecule has 6 heteroatoms. The van der Waals surface area contributed by atoms with Crippen LogP contribution in [0.1, 0.15) is 17.2 Å². The maximum atomic E-state index is 13.5. The third-order valence-corrected chi connectivity index (χ3v) is 2.50. The van der Waals surface area contributed by atoms with Crippen molar-refractivity contribution >= 4 is 5.82 Å². The summed E-state index contributed by atoms with van der Waals surface area (Å²) in [6.45, 7) is 0. The van der Waals surface area contributed by atoms with Gasteiger partial charge in [0.05, 0.1) is 0 Å². The molecule has 2 rings (SSSR count). The third kappa shape index (κ3) is 2.14. The summed E-state index contributed by atoms with van der Waals surface area (Å²) in [5.74, 6) is -3.62. The van der Waals surface area contributed by atoms with Gasteiger partial charge in [-0.15, -0.1) is 0 Å². The highest BCUT2D eigenvalue weighted by Gasteiger charge is 2.20. The Hall–Kier alpha value is -2.08. The number of pyridine rings is 1. The van der Waals surface area contributed by atoms with Gasteiger partial charge in [-0.25, -0.2) is 18.2 Å². The molecule has 0 fully saturated rings. The number of nitrogen functional groups attached to an aromatic ring is 1. The Bertz CT molecular complexity index is 590. The SMILES string of the molecule is Nc1ncccc1C(O)c1cc(F)c(F)cc1F. The van der Waals surface area contributed by atoms with E-state index in [1.54, 1.807) is 0 Å². The molecule has 3 nitrogen and oxygen atoms in total. The van der Waals surface area contributed by atoms with Crippen molar-refractivity contribution in [2.45, 2.75) is 6.10 Å². The fourth-order valence-corrected chi connectivity index (χ4v) is 1.58. The Kier molecular flexibility index (Phi) is 3.20. The van der Waals surface area contributed by atoms with E-state index < -0.39 is 29.1 Å². The lowest BCUT2D eigenvalue weighted by Crippen LogP contribution is -2.08. The van der Waals surface area contributed by atoms with Crippen LogP contribution in [0.25, 0.3) is 0 Å². The van der Waals surface area contributed by atoms with Gasteiger partial charge in [0.15, 0.2) is 11.6 Å². The molecule has 0 aliphatic rings. The number of hydrogen-bond acceptors (Lipinski definition) is 3. The van der Waals surface area contributed by atoms with E-state index in [0.29, 0.717) is 12.1 Å². The number of aliphatic hydroxyl groups is 1. The summed E-state index contributed by atoms with van der Waals surface area (Å²) < 4.78 is 39.3. The maximum absolute atomic E-state index is 13.5. The Balaban J connectivity index is 2.50. The second kappa shape index (κ2) is 4.66. The van der Waals surface area contributed by atoms with E-state index in [0.717, 1.165) is 0 Å². The summed E-state index contributed by atoms with van der Waals surface area (Å²) in [7, 11) is 0. The van der Waals surface area contributed by atoms with Gasteiger partial charge in [0, 0.05) is 23.4 Å². The normalized spacial score (nSPS) is 12.4. The molecule has 94 valence electrons. The number of halogens is 3. The van der Waals surface area contributed by atoms with Crippen LogP contribution in [0.5, 0.6) is 0 Å². The Labute approximate surface area is 101 Å². The fourth-order valence-electron chi connectivity index (χ4n) is 1.58. The second-order valence-electron chi connectivity index (χ2n) is 3.67. The van der Waals surface area contributed by atoms with Crippen molar-refractivity contribution in [1.82, 2.24) is 4.98 Å². The largest absolute Gasteiger partial charge is 0.383 e. The first-order valence-corrected chi connectivity index (χ1v) is 5.03. The summed E-state index contributed by atoms with van der Waals surface area (Å²) in [5.41, 5.74) is 5.25. The molecular formula is C12H9F3N2O. The van der Waals surface area contributed by atoms with Crippen molar-refractivity contribution in [1.29, 1.82) is 0 Å². The third-order valence-electron chi connectivity index (χ3n) is 2.50. The molecule has 0 saturated heterocycles. The van der Waals surface area contributed by atoms with Crippen LogP contribution in [0, 0.1) is 17.5 Å². The fraction of sp³-hybridized carbons (Fsp3) is 0.0833. The van der Waals surface area contributed by atoms with Gasteiger partial charge in [-0.1, -0.05) is 6.07 Å². The molecule has 0 spiro atoms. The summed E-state index contributed by atoms with van der Waals surface area (Å²) in [4.78, 5) is 3.72. The Morgan fingerprint density at radius 1 is 1.06 bits per heavy atom. The average molecular weight is 254 g/mol. The van der Waals surface area contributed by atoms with Gasteiger partial charge in [-0.3, -0.25) is 0 Å². The van der Waals surface area contributed by atoms with Gasteiger partial charge in [-0.05, 0) is 12.1 Å². The molecule has 0 bridgehead atoms. The van der Waals surface area contributed by atoms with E-state index in [1.165, 1.54) is 18.3 Å². The van der Waals surface area contributed by atoms with Crippen LogP contribution in [0.4, 0.5) is 19.0 Å². The number of benzene rings is 1. The van der Waals surface area contributed by atoms with E-state index in [2.05, 4.69) is 4.98 Å². The zero-order valence-corrected chi connectivity index (χ0v) is 9.07. The van der Waals surface area contributed by atoms with Gasteiger partial charge in [0.1, 0.15) is 17.7 Å². The molecule has 0 radical (unpaired) electrons. The van der Waals surface area contributed by atoms with Crippen molar-refractivity contribution in [2.24, 2.45) is 0 Å². The molecule has 2 aromatic rings. The van der Waals surface area contributed by atoms with E-state index in [1.807, 2.05) is 0 Å². The van der Waals surface area contributed by atoms with Crippen LogP contribution in [0.15, 0.2) is 30.5 Å². The minimum Gasteiger partial charge on any atom is -0.383 e. The van der Waals surface area contributed by atoms with Gasteiger partial charge in [0.2, 0.25) is 0 Å². The summed E-state index contributed by atoms with van der Waals surface area (Å²) in [5, 5.41) is 9.92. The highest BCUT2D eigenvalue weighted by Crippen LogP contribution is 2.28. The molecule has 0 amide bonds. The van der Waals surface area contributed by atoms with E-state index in [9.17, 15) is 18.3 Å². The molecule has 0 aliphatic carbocycles. The van der Waals surface area contributed by atoms with Crippen LogP contribution in [0.3, 0.4) is 0 Å². The topological polar surface area (TPSA) is 59.1 Å². The highest BCUT2D eigenvalue weighted by atomic mass is 19.2. The van der Waals surface area contributed by atoms with Crippen molar-refractivity contribution < 1.29 is 18.3 Å². The van der Waals surface area contributed by atoms with Crippen LogP contribution in [-0.4, -0.2) is 10.1 Å². The molecule has 1 aromatic heterocycles. The van der Waals surface area contributed by atoms with Crippen LogP contribution in [0.2, 0.25) is 0 Å². The monoisotopic (exact) mass is 254 g/mol. The maximum Gasteiger partial charge on any atom is 0.161 e. The van der Waals surface area contributed by atoms with Crippen LogP contribution in [-0.2, 0) is 0 Å². The van der Waals surface area contributed by atoms with Crippen LogP contribution < -0.4 is 5.73 Å². The standard InChI is InChI=1S/C12H9F3N2O/c13-8-5-10(15)9(14)4-7(8)11(18)6-2-1-3-17-12(6)16/h1-5,11,18H,(H2,16,17). The lowest BCUT2D eigenvalue weighted by Gasteiger charge is -2.14. The minimum absolute atomic E-state index is 0.00543. The number of anilines is 1. The number of rotatable bonds is 2. The van der Waals surface area contributed by atoms with E-state index in [-0.39, 0.29) is 11.4 Å². The molecule has 1 atom stereocenters. The molecular weight excluding hydrogens is 245 g/mol. The van der Waals surface area contributed by atoms with E-state index >= 15 is 0 Å². The van der Waals surface area contributed by atoms with Gasteiger partial charge < -0.3 is 10.8 Å². The highest BCUT2D eigenvalue weighted by molar-refractivity contribution is 5.44. The first-order chi connectivity index (χ1) is 8.50. The first kappa shape index (κ1) is 12.4. The minimum atomic E-state index is -1.51. The van der Waals surface area contributed by atoms with Crippen molar-refractivity contribution in [3.05, 3.63) is 59.0 Å². The summed E-state index contributed by atoms with van der Waals surface area (Å²) in [6.07, 6.45) is -0.110. The summed E-state index contributed by atoms with van der Waals surface area (Å²) in [6, 6.07) is 3.89. The molecule has 3 N–H and O–H groups in total. The molecule has 1 aromatic carbocycles. The predicted molar refractivity (Wildman–Crippen MR) is 59.0 cm³/mol. The lowest BCUT2D eigenvalue weighted by molar-refractivity contribution is 0.214. The number of nitrogens with zero attached hydrogens (tertiary/aromatic N) is 1. The Morgan fingerprint density at radius 3 is 2.39 bits per heavy atom. The number of hydrogen-bond donors (Lipinski definition) is 2. The smallest absolute Gasteiger partial charge is 0.161 e. The lowest BCUT2D eigenvalue weighted by atomic mass is 10.0. The number of aliphatic hydroxyl groups excluding tert-OH is 1. The summed E-state index contributed by atoms with van der Waals surface area (Å²) >= 11 is 0.